The third-order valence-electron chi connectivity index (χ3n) is 3.08. The zero-order chi connectivity index (χ0) is 12.3. The average Bonchev–Trinajstić information content (AvgIpc) is 2.69. The van der Waals surface area contributed by atoms with Crippen molar-refractivity contribution in [1.82, 2.24) is 4.90 Å². The molecule has 17 heavy (non-hydrogen) atoms. The maximum atomic E-state index is 12.1. The van der Waals surface area contributed by atoms with Crippen LogP contribution in [0.25, 0.3) is 0 Å². The number of anilines is 2. The summed E-state index contributed by atoms with van der Waals surface area (Å²) in [4.78, 5) is 15.8. The highest BCUT2D eigenvalue weighted by atomic mass is 16.2. The Bertz CT molecular complexity index is 388. The number of carbonyl (C=O) groups is 1. The Morgan fingerprint density at radius 3 is 2.59 bits per heavy atom. The van der Waals surface area contributed by atoms with Gasteiger partial charge >= 0.3 is 6.03 Å². The first-order chi connectivity index (χ1) is 8.22. The number of nitrogens with two attached hydrogens (primary N) is 1. The fourth-order valence-electron chi connectivity index (χ4n) is 2.03. The highest BCUT2D eigenvalue weighted by molar-refractivity contribution is 5.94. The van der Waals surface area contributed by atoms with Crippen LogP contribution in [0.1, 0.15) is 19.8 Å². The van der Waals surface area contributed by atoms with Crippen molar-refractivity contribution in [1.29, 1.82) is 0 Å². The number of carbonyl (C=O) groups excluding carboxylic acids is 1. The zero-order valence-corrected chi connectivity index (χ0v) is 10.2. The molecule has 0 aliphatic carbocycles. The minimum absolute atomic E-state index is 0.114. The molecule has 0 unspecified atom stereocenters. The van der Waals surface area contributed by atoms with E-state index in [1.165, 1.54) is 0 Å². The second-order valence-electron chi connectivity index (χ2n) is 4.37. The fraction of sp³-hybridized carbons (Fsp3) is 0.462. The Labute approximate surface area is 102 Å². The van der Waals surface area contributed by atoms with E-state index in [4.69, 9.17) is 5.73 Å². The summed E-state index contributed by atoms with van der Waals surface area (Å²) in [7, 11) is 0. The maximum Gasteiger partial charge on any atom is 0.324 e. The van der Waals surface area contributed by atoms with E-state index in [9.17, 15) is 4.79 Å². The van der Waals surface area contributed by atoms with Crippen LogP contribution in [-0.4, -0.2) is 30.6 Å². The van der Waals surface area contributed by atoms with Gasteiger partial charge in [0.25, 0.3) is 0 Å². The van der Waals surface area contributed by atoms with Gasteiger partial charge in [-0.1, -0.05) is 13.3 Å². The lowest BCUT2D eigenvalue weighted by Gasteiger charge is -2.18. The largest absolute Gasteiger partial charge is 0.399 e. The third-order valence-corrected chi connectivity index (χ3v) is 3.08. The topological polar surface area (TPSA) is 49.6 Å². The monoisotopic (exact) mass is 233 g/mol. The number of hydrogen-bond acceptors (Lipinski definition) is 2. The molecule has 2 rings (SSSR count). The van der Waals surface area contributed by atoms with Gasteiger partial charge in [-0.25, -0.2) is 4.79 Å². The highest BCUT2D eigenvalue weighted by Gasteiger charge is 2.28. The summed E-state index contributed by atoms with van der Waals surface area (Å²) in [6.45, 7) is 4.59. The van der Waals surface area contributed by atoms with Crippen LogP contribution in [0.15, 0.2) is 24.3 Å². The molecule has 0 radical (unpaired) electrons. The molecule has 2 amide bonds. The quantitative estimate of drug-likeness (QED) is 0.811. The van der Waals surface area contributed by atoms with E-state index < -0.39 is 0 Å². The molecule has 0 aromatic heterocycles. The lowest BCUT2D eigenvalue weighted by atomic mass is 10.2. The van der Waals surface area contributed by atoms with Gasteiger partial charge in [-0.15, -0.1) is 0 Å². The zero-order valence-electron chi connectivity index (χ0n) is 10.2. The molecule has 1 aromatic rings. The van der Waals surface area contributed by atoms with Gasteiger partial charge in [0.05, 0.1) is 0 Å². The first kappa shape index (κ1) is 11.8. The molecule has 0 atom stereocenters. The van der Waals surface area contributed by atoms with Gasteiger partial charge in [0.15, 0.2) is 0 Å². The summed E-state index contributed by atoms with van der Waals surface area (Å²) >= 11 is 0. The number of amides is 2. The smallest absolute Gasteiger partial charge is 0.324 e. The van der Waals surface area contributed by atoms with Crippen LogP contribution in [0.4, 0.5) is 16.2 Å². The number of benzene rings is 1. The Hall–Kier alpha value is -1.71. The van der Waals surface area contributed by atoms with Crippen LogP contribution in [0.2, 0.25) is 0 Å². The molecular formula is C13H19N3O. The predicted octanol–water partition coefficient (Wildman–Crippen LogP) is 2.31. The molecule has 4 nitrogen and oxygen atoms in total. The molecule has 4 heteroatoms. The lowest BCUT2D eigenvalue weighted by molar-refractivity contribution is 0.220. The minimum atomic E-state index is 0.114. The number of nitrogen functional groups attached to an aromatic ring is 1. The van der Waals surface area contributed by atoms with Crippen LogP contribution in [0.3, 0.4) is 0 Å². The van der Waals surface area contributed by atoms with E-state index in [2.05, 4.69) is 6.92 Å². The Morgan fingerprint density at radius 2 is 1.94 bits per heavy atom. The van der Waals surface area contributed by atoms with Gasteiger partial charge < -0.3 is 10.6 Å². The van der Waals surface area contributed by atoms with Gasteiger partial charge in [0.2, 0.25) is 0 Å². The molecule has 92 valence electrons. The van der Waals surface area contributed by atoms with Crippen LogP contribution in [0, 0.1) is 0 Å². The summed E-state index contributed by atoms with van der Waals surface area (Å²) in [5, 5.41) is 0. The van der Waals surface area contributed by atoms with Crippen LogP contribution in [-0.2, 0) is 0 Å². The SMILES string of the molecule is CCCCN1CCN(c2ccc(N)cc2)C1=O. The summed E-state index contributed by atoms with van der Waals surface area (Å²) in [5.74, 6) is 0. The van der Waals surface area contributed by atoms with Crippen molar-refractivity contribution in [3.63, 3.8) is 0 Å². The average molecular weight is 233 g/mol. The van der Waals surface area contributed by atoms with Crippen LogP contribution >= 0.6 is 0 Å². The second-order valence-corrected chi connectivity index (χ2v) is 4.37. The van der Waals surface area contributed by atoms with Crippen LogP contribution in [0.5, 0.6) is 0 Å². The van der Waals surface area contributed by atoms with E-state index in [1.807, 2.05) is 34.1 Å². The van der Waals surface area contributed by atoms with E-state index >= 15 is 0 Å². The van der Waals surface area contributed by atoms with Gasteiger partial charge in [0, 0.05) is 31.0 Å². The second kappa shape index (κ2) is 5.08. The Kier molecular flexibility index (Phi) is 3.52. The standard InChI is InChI=1S/C13H19N3O/c1-2-3-8-15-9-10-16(13(15)17)12-6-4-11(14)5-7-12/h4-7H,2-3,8-10,14H2,1H3. The summed E-state index contributed by atoms with van der Waals surface area (Å²) < 4.78 is 0. The molecule has 0 spiro atoms. The van der Waals surface area contributed by atoms with Crippen molar-refractivity contribution >= 4 is 17.4 Å². The van der Waals surface area contributed by atoms with Gasteiger partial charge in [-0.2, -0.15) is 0 Å². The fourth-order valence-corrected chi connectivity index (χ4v) is 2.03. The number of unbranched alkanes of at least 4 members (excludes halogenated alkanes) is 1. The van der Waals surface area contributed by atoms with Crippen LogP contribution < -0.4 is 10.6 Å². The van der Waals surface area contributed by atoms with Gasteiger partial charge in [0.1, 0.15) is 0 Å². The van der Waals surface area contributed by atoms with Gasteiger partial charge in [-0.3, -0.25) is 4.90 Å². The Morgan fingerprint density at radius 1 is 1.24 bits per heavy atom. The summed E-state index contributed by atoms with van der Waals surface area (Å²) in [5.41, 5.74) is 7.30. The molecule has 0 saturated carbocycles. The Balaban J connectivity index is 2.04. The summed E-state index contributed by atoms with van der Waals surface area (Å²) in [6, 6.07) is 7.57. The molecule has 1 saturated heterocycles. The third kappa shape index (κ3) is 2.52. The van der Waals surface area contributed by atoms with Gasteiger partial charge in [-0.05, 0) is 30.7 Å². The molecule has 2 N–H and O–H groups in total. The van der Waals surface area contributed by atoms with Crippen molar-refractivity contribution in [2.45, 2.75) is 19.8 Å². The highest BCUT2D eigenvalue weighted by Crippen LogP contribution is 2.21. The van der Waals surface area contributed by atoms with Crippen molar-refractivity contribution in [3.8, 4) is 0 Å². The predicted molar refractivity (Wildman–Crippen MR) is 70.1 cm³/mol. The van der Waals surface area contributed by atoms with E-state index in [0.29, 0.717) is 0 Å². The molecular weight excluding hydrogens is 214 g/mol. The van der Waals surface area contributed by atoms with E-state index in [-0.39, 0.29) is 6.03 Å². The van der Waals surface area contributed by atoms with Crippen molar-refractivity contribution < 1.29 is 4.79 Å². The number of urea groups is 1. The first-order valence-corrected chi connectivity index (χ1v) is 6.14. The molecule has 0 bridgehead atoms. The van der Waals surface area contributed by atoms with Crippen molar-refractivity contribution in [2.75, 3.05) is 30.3 Å². The van der Waals surface area contributed by atoms with Crippen molar-refractivity contribution in [2.24, 2.45) is 0 Å². The molecule has 1 aromatic carbocycles. The maximum absolute atomic E-state index is 12.1. The lowest BCUT2D eigenvalue weighted by Crippen LogP contribution is -2.32. The molecule has 1 fully saturated rings. The number of nitrogens with zero attached hydrogens (tertiary/aromatic N) is 2. The molecule has 1 aliphatic rings. The summed E-state index contributed by atoms with van der Waals surface area (Å²) in [6.07, 6.45) is 2.19. The normalized spacial score (nSPS) is 15.7. The number of hydrogen-bond donors (Lipinski definition) is 1. The number of rotatable bonds is 4. The first-order valence-electron chi connectivity index (χ1n) is 6.14. The molecule has 1 aliphatic heterocycles. The van der Waals surface area contributed by atoms with E-state index in [1.54, 1.807) is 0 Å². The van der Waals surface area contributed by atoms with Crippen molar-refractivity contribution in [3.05, 3.63) is 24.3 Å². The minimum Gasteiger partial charge on any atom is -0.399 e. The van der Waals surface area contributed by atoms with E-state index in [0.717, 1.165) is 43.9 Å². The molecule has 1 heterocycles.